The first-order valence-electron chi connectivity index (χ1n) is 7.03. The molecule has 0 aromatic carbocycles. The molecule has 17 heavy (non-hydrogen) atoms. The van der Waals surface area contributed by atoms with Gasteiger partial charge in [-0.15, -0.1) is 0 Å². The third-order valence-corrected chi connectivity index (χ3v) is 7.01. The van der Waals surface area contributed by atoms with Crippen LogP contribution in [0.4, 0.5) is 0 Å². The molecule has 2 rings (SSSR count). The zero-order valence-electron chi connectivity index (χ0n) is 11.1. The maximum atomic E-state index is 12.7. The Kier molecular flexibility index (Phi) is 4.33. The maximum absolute atomic E-state index is 12.7. The van der Waals surface area contributed by atoms with Crippen LogP contribution in [-0.4, -0.2) is 18.9 Å². The van der Waals surface area contributed by atoms with Crippen molar-refractivity contribution in [2.75, 3.05) is 13.2 Å². The molecule has 0 bridgehead atoms. The molecule has 1 aliphatic carbocycles. The smallest absolute Gasteiger partial charge is 0.308 e. The van der Waals surface area contributed by atoms with Crippen LogP contribution in [0.15, 0.2) is 0 Å². The van der Waals surface area contributed by atoms with E-state index in [0.29, 0.717) is 13.2 Å². The van der Waals surface area contributed by atoms with E-state index in [4.69, 9.17) is 9.05 Å². The molecule has 1 heterocycles. The SMILES string of the molecule is CCC1(CC)COP(=O)(C2CCCCC2)OC1. The predicted octanol–water partition coefficient (Wildman–Crippen LogP) is 4.37. The first-order chi connectivity index (χ1) is 8.14. The average molecular weight is 260 g/mol. The minimum atomic E-state index is -2.80. The van der Waals surface area contributed by atoms with Crippen LogP contribution in [0.2, 0.25) is 0 Å². The van der Waals surface area contributed by atoms with E-state index in [0.717, 1.165) is 25.7 Å². The van der Waals surface area contributed by atoms with Crippen LogP contribution in [-0.2, 0) is 13.6 Å². The lowest BCUT2D eigenvalue weighted by atomic mass is 9.84. The summed E-state index contributed by atoms with van der Waals surface area (Å²) in [5, 5.41) is 0. The Morgan fingerprint density at radius 3 is 2.06 bits per heavy atom. The van der Waals surface area contributed by atoms with E-state index in [-0.39, 0.29) is 11.1 Å². The van der Waals surface area contributed by atoms with E-state index < -0.39 is 7.60 Å². The molecule has 0 aromatic rings. The van der Waals surface area contributed by atoms with Crippen LogP contribution >= 0.6 is 7.60 Å². The second-order valence-corrected chi connectivity index (χ2v) is 7.91. The van der Waals surface area contributed by atoms with Gasteiger partial charge in [-0.3, -0.25) is 4.57 Å². The predicted molar refractivity (Wildman–Crippen MR) is 69.4 cm³/mol. The van der Waals surface area contributed by atoms with Gasteiger partial charge in [-0.05, 0) is 25.7 Å². The van der Waals surface area contributed by atoms with E-state index >= 15 is 0 Å². The van der Waals surface area contributed by atoms with Gasteiger partial charge in [0.25, 0.3) is 0 Å². The highest BCUT2D eigenvalue weighted by atomic mass is 31.2. The minimum absolute atomic E-state index is 0.0998. The molecule has 0 aromatic heterocycles. The molecule has 0 atom stereocenters. The Hall–Kier alpha value is 0.150. The highest BCUT2D eigenvalue weighted by Crippen LogP contribution is 2.61. The van der Waals surface area contributed by atoms with Gasteiger partial charge in [0.15, 0.2) is 0 Å². The molecule has 0 N–H and O–H groups in total. The minimum Gasteiger partial charge on any atom is -0.308 e. The molecule has 1 saturated carbocycles. The van der Waals surface area contributed by atoms with Crippen molar-refractivity contribution in [3.05, 3.63) is 0 Å². The van der Waals surface area contributed by atoms with E-state index in [1.54, 1.807) is 0 Å². The van der Waals surface area contributed by atoms with Gasteiger partial charge < -0.3 is 9.05 Å². The normalized spacial score (nSPS) is 29.1. The highest BCUT2D eigenvalue weighted by Gasteiger charge is 2.44. The van der Waals surface area contributed by atoms with Crippen molar-refractivity contribution in [1.29, 1.82) is 0 Å². The number of hydrogen-bond donors (Lipinski definition) is 0. The van der Waals surface area contributed by atoms with Crippen molar-refractivity contribution < 1.29 is 13.6 Å². The van der Waals surface area contributed by atoms with E-state index in [2.05, 4.69) is 13.8 Å². The zero-order valence-corrected chi connectivity index (χ0v) is 12.0. The molecular weight excluding hydrogens is 235 g/mol. The lowest BCUT2D eigenvalue weighted by molar-refractivity contribution is 0.00766. The second-order valence-electron chi connectivity index (χ2n) is 5.59. The molecule has 100 valence electrons. The Balaban J connectivity index is 1.98. The van der Waals surface area contributed by atoms with Crippen molar-refractivity contribution in [1.82, 2.24) is 0 Å². The fourth-order valence-electron chi connectivity index (χ4n) is 2.80. The lowest BCUT2D eigenvalue weighted by Gasteiger charge is -2.41. The average Bonchev–Trinajstić information content (AvgIpc) is 2.41. The van der Waals surface area contributed by atoms with Crippen LogP contribution in [0.1, 0.15) is 58.8 Å². The molecule has 0 radical (unpaired) electrons. The summed E-state index contributed by atoms with van der Waals surface area (Å²) in [5.74, 6) is 0. The molecule has 0 amide bonds. The summed E-state index contributed by atoms with van der Waals surface area (Å²) in [7, 11) is -2.80. The van der Waals surface area contributed by atoms with E-state index in [1.165, 1.54) is 19.3 Å². The van der Waals surface area contributed by atoms with E-state index in [9.17, 15) is 4.57 Å². The van der Waals surface area contributed by atoms with E-state index in [1.807, 2.05) is 0 Å². The van der Waals surface area contributed by atoms with Gasteiger partial charge in [-0.25, -0.2) is 0 Å². The number of rotatable bonds is 3. The van der Waals surface area contributed by atoms with Crippen LogP contribution in [0, 0.1) is 5.41 Å². The van der Waals surface area contributed by atoms with Gasteiger partial charge in [0, 0.05) is 5.41 Å². The quantitative estimate of drug-likeness (QED) is 0.707. The fraction of sp³-hybridized carbons (Fsp3) is 1.00. The zero-order chi connectivity index (χ0) is 12.4. The third kappa shape index (κ3) is 2.77. The molecule has 3 nitrogen and oxygen atoms in total. The summed E-state index contributed by atoms with van der Waals surface area (Å²) in [6, 6.07) is 0. The molecule has 1 aliphatic heterocycles. The van der Waals surface area contributed by atoms with Crippen LogP contribution in [0.3, 0.4) is 0 Å². The molecule has 4 heteroatoms. The summed E-state index contributed by atoms with van der Waals surface area (Å²) >= 11 is 0. The van der Waals surface area contributed by atoms with Crippen LogP contribution in [0.5, 0.6) is 0 Å². The summed E-state index contributed by atoms with van der Waals surface area (Å²) in [4.78, 5) is 0. The third-order valence-electron chi connectivity index (χ3n) is 4.62. The summed E-state index contributed by atoms with van der Waals surface area (Å²) in [6.07, 6.45) is 7.72. The Labute approximate surface area is 105 Å². The first-order valence-corrected chi connectivity index (χ1v) is 8.64. The Morgan fingerprint density at radius 1 is 1.06 bits per heavy atom. The van der Waals surface area contributed by atoms with Crippen molar-refractivity contribution in [3.63, 3.8) is 0 Å². The number of hydrogen-bond acceptors (Lipinski definition) is 3. The maximum Gasteiger partial charge on any atom is 0.333 e. The van der Waals surface area contributed by atoms with Crippen molar-refractivity contribution in [2.45, 2.75) is 64.5 Å². The summed E-state index contributed by atoms with van der Waals surface area (Å²) < 4.78 is 24.1. The van der Waals surface area contributed by atoms with Gasteiger partial charge in [0.2, 0.25) is 0 Å². The monoisotopic (exact) mass is 260 g/mol. The first kappa shape index (κ1) is 13.6. The van der Waals surface area contributed by atoms with Crippen LogP contribution in [0.25, 0.3) is 0 Å². The molecular formula is C13H25O3P. The van der Waals surface area contributed by atoms with Gasteiger partial charge in [-0.1, -0.05) is 33.1 Å². The highest BCUT2D eigenvalue weighted by molar-refractivity contribution is 7.54. The second kappa shape index (κ2) is 5.42. The molecule has 1 saturated heterocycles. The summed E-state index contributed by atoms with van der Waals surface area (Å²) in [6.45, 7) is 5.56. The molecule has 2 aliphatic rings. The Bertz CT molecular complexity index is 279. The standard InChI is InChI=1S/C13H25O3P/c1-3-13(4-2)10-15-17(14,16-11-13)12-8-6-5-7-9-12/h12H,3-11H2,1-2H3. The van der Waals surface area contributed by atoms with Crippen molar-refractivity contribution in [3.8, 4) is 0 Å². The summed E-state index contributed by atoms with van der Waals surface area (Å²) in [5.41, 5.74) is 0.269. The van der Waals surface area contributed by atoms with Gasteiger partial charge in [0.05, 0.1) is 18.9 Å². The van der Waals surface area contributed by atoms with Gasteiger partial charge in [-0.2, -0.15) is 0 Å². The van der Waals surface area contributed by atoms with Gasteiger partial charge in [0.1, 0.15) is 0 Å². The molecule has 0 spiro atoms. The lowest BCUT2D eigenvalue weighted by Crippen LogP contribution is -2.36. The van der Waals surface area contributed by atoms with Crippen LogP contribution < -0.4 is 0 Å². The van der Waals surface area contributed by atoms with Crippen molar-refractivity contribution >= 4 is 7.60 Å². The molecule has 0 unspecified atom stereocenters. The van der Waals surface area contributed by atoms with Gasteiger partial charge >= 0.3 is 7.60 Å². The van der Waals surface area contributed by atoms with Crippen molar-refractivity contribution in [2.24, 2.45) is 5.41 Å². The molecule has 2 fully saturated rings. The fourth-order valence-corrected chi connectivity index (χ4v) is 5.20. The topological polar surface area (TPSA) is 35.5 Å². The largest absolute Gasteiger partial charge is 0.333 e. The Morgan fingerprint density at radius 2 is 1.59 bits per heavy atom.